The van der Waals surface area contributed by atoms with Crippen molar-refractivity contribution >= 4 is 17.5 Å². The fraction of sp³-hybridized carbons (Fsp3) is 0.333. The SMILES string of the molecule is CC(C)(CNC(=O)C1CC(=O)Nc2cc(F)ccc21)c1ccc2c(c1)OCO2. The van der Waals surface area contributed by atoms with Crippen molar-refractivity contribution in [3.05, 3.63) is 53.3 Å². The predicted octanol–water partition coefficient (Wildman–Crippen LogP) is 3.07. The molecule has 0 saturated carbocycles. The molecule has 7 heteroatoms. The first-order valence-corrected chi connectivity index (χ1v) is 9.11. The van der Waals surface area contributed by atoms with Crippen LogP contribution < -0.4 is 20.1 Å². The molecule has 146 valence electrons. The number of benzene rings is 2. The molecule has 2 heterocycles. The lowest BCUT2D eigenvalue weighted by atomic mass is 9.83. The quantitative estimate of drug-likeness (QED) is 0.849. The van der Waals surface area contributed by atoms with Crippen LogP contribution in [0.15, 0.2) is 36.4 Å². The van der Waals surface area contributed by atoms with E-state index in [0.717, 1.165) is 5.56 Å². The van der Waals surface area contributed by atoms with Crippen LogP contribution in [-0.2, 0) is 15.0 Å². The molecular weight excluding hydrogens is 363 g/mol. The standard InChI is InChI=1S/C21H21FN2O4/c1-21(2,12-3-6-17-18(7-12)28-11-27-17)10-23-20(26)15-9-19(25)24-16-8-13(22)4-5-14(15)16/h3-8,15H,9-11H2,1-2H3,(H,23,26)(H,24,25). The van der Waals surface area contributed by atoms with E-state index in [1.165, 1.54) is 12.1 Å². The van der Waals surface area contributed by atoms with Gasteiger partial charge in [-0.05, 0) is 35.4 Å². The largest absolute Gasteiger partial charge is 0.454 e. The zero-order chi connectivity index (χ0) is 19.9. The average Bonchev–Trinajstić information content (AvgIpc) is 3.13. The summed E-state index contributed by atoms with van der Waals surface area (Å²) in [6, 6.07) is 9.82. The van der Waals surface area contributed by atoms with Gasteiger partial charge in [0.05, 0.1) is 5.92 Å². The van der Waals surface area contributed by atoms with Crippen molar-refractivity contribution in [2.45, 2.75) is 31.6 Å². The summed E-state index contributed by atoms with van der Waals surface area (Å²) < 4.78 is 24.2. The van der Waals surface area contributed by atoms with E-state index in [1.807, 2.05) is 32.0 Å². The van der Waals surface area contributed by atoms with Crippen LogP contribution in [0.5, 0.6) is 11.5 Å². The molecule has 4 rings (SSSR count). The Morgan fingerprint density at radius 1 is 1.21 bits per heavy atom. The number of nitrogens with one attached hydrogen (secondary N) is 2. The molecule has 2 N–H and O–H groups in total. The van der Waals surface area contributed by atoms with E-state index < -0.39 is 11.7 Å². The molecule has 2 aliphatic heterocycles. The van der Waals surface area contributed by atoms with Gasteiger partial charge in [0.15, 0.2) is 11.5 Å². The normalized spacial score (nSPS) is 17.7. The Hall–Kier alpha value is -3.09. The maximum absolute atomic E-state index is 13.5. The van der Waals surface area contributed by atoms with Crippen molar-refractivity contribution in [1.82, 2.24) is 5.32 Å². The lowest BCUT2D eigenvalue weighted by Crippen LogP contribution is -2.41. The molecule has 2 aliphatic rings. The number of fused-ring (bicyclic) bond motifs is 2. The van der Waals surface area contributed by atoms with Gasteiger partial charge in [-0.2, -0.15) is 0 Å². The number of hydrogen-bond acceptors (Lipinski definition) is 4. The van der Waals surface area contributed by atoms with Crippen LogP contribution in [0.3, 0.4) is 0 Å². The predicted molar refractivity (Wildman–Crippen MR) is 101 cm³/mol. The van der Waals surface area contributed by atoms with Crippen LogP contribution in [-0.4, -0.2) is 25.2 Å². The fourth-order valence-corrected chi connectivity index (χ4v) is 3.52. The Kier molecular flexibility index (Phi) is 4.45. The maximum Gasteiger partial charge on any atom is 0.231 e. The van der Waals surface area contributed by atoms with Crippen LogP contribution in [0.1, 0.15) is 37.3 Å². The van der Waals surface area contributed by atoms with E-state index in [9.17, 15) is 14.0 Å². The average molecular weight is 384 g/mol. The molecule has 28 heavy (non-hydrogen) atoms. The Morgan fingerprint density at radius 3 is 2.82 bits per heavy atom. The first-order chi connectivity index (χ1) is 13.3. The Balaban J connectivity index is 1.49. The lowest BCUT2D eigenvalue weighted by Gasteiger charge is -2.29. The molecule has 0 spiro atoms. The molecular formula is C21H21FN2O4. The Morgan fingerprint density at radius 2 is 2.00 bits per heavy atom. The van der Waals surface area contributed by atoms with Gasteiger partial charge >= 0.3 is 0 Å². The third-order valence-corrected chi connectivity index (χ3v) is 5.23. The number of carbonyl (C=O) groups excluding carboxylic acids is 2. The maximum atomic E-state index is 13.5. The first-order valence-electron chi connectivity index (χ1n) is 9.11. The second-order valence-corrected chi connectivity index (χ2v) is 7.71. The number of ether oxygens (including phenoxy) is 2. The van der Waals surface area contributed by atoms with E-state index in [4.69, 9.17) is 9.47 Å². The van der Waals surface area contributed by atoms with Crippen LogP contribution in [0.2, 0.25) is 0 Å². The van der Waals surface area contributed by atoms with Gasteiger partial charge in [0.1, 0.15) is 5.82 Å². The van der Waals surface area contributed by atoms with Crippen molar-refractivity contribution in [2.24, 2.45) is 0 Å². The Labute approximate surface area is 162 Å². The second-order valence-electron chi connectivity index (χ2n) is 7.71. The van der Waals surface area contributed by atoms with Crippen molar-refractivity contribution < 1.29 is 23.5 Å². The highest BCUT2D eigenvalue weighted by Crippen LogP contribution is 2.37. The number of halogens is 1. The monoisotopic (exact) mass is 384 g/mol. The van der Waals surface area contributed by atoms with Gasteiger partial charge in [0, 0.05) is 24.1 Å². The highest BCUT2D eigenvalue weighted by Gasteiger charge is 2.32. The minimum Gasteiger partial charge on any atom is -0.454 e. The highest BCUT2D eigenvalue weighted by molar-refractivity contribution is 6.01. The van der Waals surface area contributed by atoms with Gasteiger partial charge in [-0.1, -0.05) is 26.0 Å². The summed E-state index contributed by atoms with van der Waals surface area (Å²) in [6.45, 7) is 4.61. The van der Waals surface area contributed by atoms with Crippen molar-refractivity contribution in [1.29, 1.82) is 0 Å². The molecule has 0 fully saturated rings. The summed E-state index contributed by atoms with van der Waals surface area (Å²) in [4.78, 5) is 24.8. The first kappa shape index (κ1) is 18.3. The van der Waals surface area contributed by atoms with Gasteiger partial charge in [-0.15, -0.1) is 0 Å². The van der Waals surface area contributed by atoms with E-state index in [2.05, 4.69) is 10.6 Å². The topological polar surface area (TPSA) is 76.7 Å². The minimum absolute atomic E-state index is 0.0366. The highest BCUT2D eigenvalue weighted by atomic mass is 19.1. The molecule has 1 atom stereocenters. The Bertz CT molecular complexity index is 957. The molecule has 6 nitrogen and oxygen atoms in total. The lowest BCUT2D eigenvalue weighted by molar-refractivity contribution is -0.126. The number of hydrogen-bond donors (Lipinski definition) is 2. The molecule has 2 amide bonds. The van der Waals surface area contributed by atoms with Crippen LogP contribution >= 0.6 is 0 Å². The van der Waals surface area contributed by atoms with E-state index >= 15 is 0 Å². The fourth-order valence-electron chi connectivity index (χ4n) is 3.52. The molecule has 0 aliphatic carbocycles. The van der Waals surface area contributed by atoms with E-state index in [-0.39, 0.29) is 30.4 Å². The van der Waals surface area contributed by atoms with Gasteiger partial charge in [0.25, 0.3) is 0 Å². The third-order valence-electron chi connectivity index (χ3n) is 5.23. The molecule has 0 saturated heterocycles. The number of rotatable bonds is 4. The minimum atomic E-state index is -0.642. The zero-order valence-corrected chi connectivity index (χ0v) is 15.7. The number of anilines is 1. The smallest absolute Gasteiger partial charge is 0.231 e. The third kappa shape index (κ3) is 3.40. The van der Waals surface area contributed by atoms with Crippen molar-refractivity contribution in [3.63, 3.8) is 0 Å². The molecule has 2 aromatic rings. The van der Waals surface area contributed by atoms with Crippen molar-refractivity contribution in [2.75, 3.05) is 18.7 Å². The van der Waals surface area contributed by atoms with Crippen LogP contribution in [0.25, 0.3) is 0 Å². The summed E-state index contributed by atoms with van der Waals surface area (Å²) in [7, 11) is 0. The van der Waals surface area contributed by atoms with Crippen molar-refractivity contribution in [3.8, 4) is 11.5 Å². The summed E-state index contributed by atoms with van der Waals surface area (Å²) in [5.74, 6) is -0.247. The molecule has 1 unspecified atom stereocenters. The molecule has 0 aromatic heterocycles. The summed E-state index contributed by atoms with van der Waals surface area (Å²) >= 11 is 0. The zero-order valence-electron chi connectivity index (χ0n) is 15.7. The van der Waals surface area contributed by atoms with E-state index in [1.54, 1.807) is 6.07 Å². The van der Waals surface area contributed by atoms with Gasteiger partial charge in [0.2, 0.25) is 18.6 Å². The molecule has 2 aromatic carbocycles. The van der Waals surface area contributed by atoms with Gasteiger partial charge in [-0.3, -0.25) is 9.59 Å². The number of carbonyl (C=O) groups is 2. The van der Waals surface area contributed by atoms with Gasteiger partial charge < -0.3 is 20.1 Å². The van der Waals surface area contributed by atoms with Crippen LogP contribution in [0.4, 0.5) is 10.1 Å². The molecule has 0 bridgehead atoms. The van der Waals surface area contributed by atoms with Gasteiger partial charge in [-0.25, -0.2) is 4.39 Å². The summed E-state index contributed by atoms with van der Waals surface area (Å²) in [5.41, 5.74) is 1.62. The van der Waals surface area contributed by atoms with E-state index in [0.29, 0.717) is 29.3 Å². The number of amides is 2. The summed E-state index contributed by atoms with van der Waals surface area (Å²) in [6.07, 6.45) is 0.0366. The van der Waals surface area contributed by atoms with Crippen LogP contribution in [0, 0.1) is 5.82 Å². The molecule has 0 radical (unpaired) electrons. The summed E-state index contributed by atoms with van der Waals surface area (Å²) in [5, 5.41) is 5.57. The second kappa shape index (κ2) is 6.82.